The van der Waals surface area contributed by atoms with Gasteiger partial charge < -0.3 is 10.6 Å². The van der Waals surface area contributed by atoms with Crippen molar-refractivity contribution in [2.75, 3.05) is 11.9 Å². The van der Waals surface area contributed by atoms with E-state index in [4.69, 9.17) is 0 Å². The van der Waals surface area contributed by atoms with Crippen LogP contribution in [0.1, 0.15) is 37.0 Å². The summed E-state index contributed by atoms with van der Waals surface area (Å²) >= 11 is 0. The summed E-state index contributed by atoms with van der Waals surface area (Å²) in [4.78, 5) is 29.3. The molecule has 2 aromatic rings. The minimum absolute atomic E-state index is 0.0755. The van der Waals surface area contributed by atoms with Crippen molar-refractivity contribution < 1.29 is 26.8 Å². The fraction of sp³-hybridized carbons (Fsp3) is 0.318. The number of carbonyl (C=O) groups excluding carboxylic acids is 2. The number of carbonyl (C=O) groups is 2. The Hall–Kier alpha value is -3.34. The summed E-state index contributed by atoms with van der Waals surface area (Å²) in [7, 11) is -3.89. The predicted octanol–water partition coefficient (Wildman–Crippen LogP) is 2.83. The first-order valence-corrected chi connectivity index (χ1v) is 11.8. The van der Waals surface area contributed by atoms with Gasteiger partial charge in [-0.15, -0.1) is 0 Å². The van der Waals surface area contributed by atoms with Gasteiger partial charge in [-0.1, -0.05) is 26.0 Å². The Kier molecular flexibility index (Phi) is 7.42. The lowest BCUT2D eigenvalue weighted by atomic mass is 10.0. The van der Waals surface area contributed by atoms with Gasteiger partial charge in [0, 0.05) is 18.7 Å². The van der Waals surface area contributed by atoms with Crippen LogP contribution >= 0.6 is 0 Å². The van der Waals surface area contributed by atoms with Gasteiger partial charge in [0.15, 0.2) is 0 Å². The average Bonchev–Trinajstić information content (AvgIpc) is 3.24. The number of aliphatic imine (C=N–C) groups is 1. The summed E-state index contributed by atoms with van der Waals surface area (Å²) in [6, 6.07) is 7.46. The SMILES string of the molecule is CC(C)[C@H](NC(=O)c1c(F)cccc1F)C(=O)Nc1cccc(S(=O)(=O)NC2=NCCC2)c1. The molecule has 2 amide bonds. The molecule has 1 aliphatic heterocycles. The number of sulfonamides is 1. The van der Waals surface area contributed by atoms with Crippen molar-refractivity contribution in [1.29, 1.82) is 0 Å². The van der Waals surface area contributed by atoms with Crippen molar-refractivity contribution in [3.05, 3.63) is 59.7 Å². The first-order chi connectivity index (χ1) is 15.6. The number of anilines is 1. The van der Waals surface area contributed by atoms with Crippen LogP contribution < -0.4 is 15.4 Å². The number of amidine groups is 1. The number of hydrogen-bond donors (Lipinski definition) is 3. The van der Waals surface area contributed by atoms with Gasteiger partial charge in [-0.05, 0) is 42.7 Å². The fourth-order valence-electron chi connectivity index (χ4n) is 3.26. The molecule has 2 aromatic carbocycles. The van der Waals surface area contributed by atoms with Gasteiger partial charge in [0.25, 0.3) is 15.9 Å². The maximum absolute atomic E-state index is 13.9. The van der Waals surface area contributed by atoms with Crippen molar-refractivity contribution in [3.8, 4) is 0 Å². The largest absolute Gasteiger partial charge is 0.340 e. The molecule has 176 valence electrons. The Bertz CT molecular complexity index is 1180. The van der Waals surface area contributed by atoms with Crippen molar-refractivity contribution in [2.45, 2.75) is 37.6 Å². The highest BCUT2D eigenvalue weighted by molar-refractivity contribution is 7.90. The van der Waals surface area contributed by atoms with Crippen molar-refractivity contribution in [1.82, 2.24) is 10.0 Å². The molecule has 0 saturated carbocycles. The van der Waals surface area contributed by atoms with Crippen LogP contribution in [0.15, 0.2) is 52.4 Å². The second-order valence-electron chi connectivity index (χ2n) is 7.85. The number of halogens is 2. The third kappa shape index (κ3) is 5.92. The van der Waals surface area contributed by atoms with Crippen LogP contribution in [0.4, 0.5) is 14.5 Å². The van der Waals surface area contributed by atoms with Crippen molar-refractivity contribution in [3.63, 3.8) is 0 Å². The molecule has 0 unspecified atom stereocenters. The monoisotopic (exact) mass is 478 g/mol. The Morgan fingerprint density at radius 1 is 1.06 bits per heavy atom. The summed E-state index contributed by atoms with van der Waals surface area (Å²) in [6.07, 6.45) is 1.31. The van der Waals surface area contributed by atoms with Crippen LogP contribution in [0.25, 0.3) is 0 Å². The first kappa shape index (κ1) is 24.3. The van der Waals surface area contributed by atoms with E-state index in [2.05, 4.69) is 20.3 Å². The third-order valence-corrected chi connectivity index (χ3v) is 6.34. The summed E-state index contributed by atoms with van der Waals surface area (Å²) in [6.45, 7) is 3.86. The van der Waals surface area contributed by atoms with E-state index in [1.54, 1.807) is 13.8 Å². The predicted molar refractivity (Wildman–Crippen MR) is 119 cm³/mol. The zero-order valence-electron chi connectivity index (χ0n) is 18.1. The number of hydrogen-bond acceptors (Lipinski definition) is 5. The molecule has 0 spiro atoms. The van der Waals surface area contributed by atoms with Crippen LogP contribution in [0.3, 0.4) is 0 Å². The molecule has 0 radical (unpaired) electrons. The van der Waals surface area contributed by atoms with E-state index in [1.807, 2.05) is 0 Å². The zero-order chi connectivity index (χ0) is 24.2. The maximum Gasteiger partial charge on any atom is 0.262 e. The fourth-order valence-corrected chi connectivity index (χ4v) is 4.40. The number of nitrogens with one attached hydrogen (secondary N) is 3. The van der Waals surface area contributed by atoms with Gasteiger partial charge in [0.2, 0.25) is 5.91 Å². The van der Waals surface area contributed by atoms with E-state index >= 15 is 0 Å². The molecule has 0 bridgehead atoms. The summed E-state index contributed by atoms with van der Waals surface area (Å²) in [5.74, 6) is -3.89. The lowest BCUT2D eigenvalue weighted by Gasteiger charge is -2.22. The molecular formula is C22H24F2N4O4S. The van der Waals surface area contributed by atoms with E-state index in [0.29, 0.717) is 18.8 Å². The highest BCUT2D eigenvalue weighted by atomic mass is 32.2. The van der Waals surface area contributed by atoms with E-state index in [-0.39, 0.29) is 10.6 Å². The van der Waals surface area contributed by atoms with Gasteiger partial charge in [-0.2, -0.15) is 0 Å². The average molecular weight is 479 g/mol. The molecule has 0 aliphatic carbocycles. The molecule has 1 aliphatic rings. The van der Waals surface area contributed by atoms with E-state index in [1.165, 1.54) is 24.3 Å². The molecule has 1 heterocycles. The molecule has 3 N–H and O–H groups in total. The summed E-state index contributed by atoms with van der Waals surface area (Å²) in [5, 5.41) is 4.90. The Balaban J connectivity index is 1.75. The van der Waals surface area contributed by atoms with Gasteiger partial charge in [0.1, 0.15) is 29.1 Å². The molecule has 0 fully saturated rings. The zero-order valence-corrected chi connectivity index (χ0v) is 18.9. The molecule has 0 saturated heterocycles. The van der Waals surface area contributed by atoms with Crippen LogP contribution in [-0.2, 0) is 14.8 Å². The molecule has 3 rings (SSSR count). The van der Waals surface area contributed by atoms with Crippen molar-refractivity contribution >= 4 is 33.4 Å². The van der Waals surface area contributed by atoms with E-state index < -0.39 is 51.0 Å². The summed E-state index contributed by atoms with van der Waals surface area (Å²) < 4.78 is 55.5. The Labute approximate surface area is 190 Å². The van der Waals surface area contributed by atoms with Crippen LogP contribution in [0, 0.1) is 17.6 Å². The smallest absolute Gasteiger partial charge is 0.262 e. The molecule has 33 heavy (non-hydrogen) atoms. The second kappa shape index (κ2) is 10.1. The first-order valence-electron chi connectivity index (χ1n) is 10.3. The maximum atomic E-state index is 13.9. The van der Waals surface area contributed by atoms with Gasteiger partial charge in [0.05, 0.1) is 4.90 Å². The van der Waals surface area contributed by atoms with Crippen molar-refractivity contribution in [2.24, 2.45) is 10.9 Å². The standard InChI is InChI=1S/C22H24F2N4O4S/c1-13(2)20(27-21(29)19-16(23)8-4-9-17(19)24)22(30)26-14-6-3-7-15(12-14)33(31,32)28-18-10-5-11-25-18/h3-4,6-9,12-13,20H,5,10-11H2,1-2H3,(H,25,28)(H,26,30)(H,27,29)/t20-/m0/s1. The van der Waals surface area contributed by atoms with Crippen LogP contribution in [0.2, 0.25) is 0 Å². The van der Waals surface area contributed by atoms with E-state index in [0.717, 1.165) is 24.6 Å². The lowest BCUT2D eigenvalue weighted by Crippen LogP contribution is -2.47. The third-order valence-electron chi connectivity index (χ3n) is 4.96. The topological polar surface area (TPSA) is 117 Å². The number of nitrogens with zero attached hydrogens (tertiary/aromatic N) is 1. The molecule has 11 heteroatoms. The van der Waals surface area contributed by atoms with Gasteiger partial charge in [-0.3, -0.25) is 19.3 Å². The number of rotatable bonds is 7. The second-order valence-corrected chi connectivity index (χ2v) is 9.53. The Morgan fingerprint density at radius 2 is 1.73 bits per heavy atom. The highest BCUT2D eigenvalue weighted by Crippen LogP contribution is 2.18. The minimum atomic E-state index is -3.89. The quantitative estimate of drug-likeness (QED) is 0.567. The van der Waals surface area contributed by atoms with E-state index in [9.17, 15) is 26.8 Å². The molecule has 1 atom stereocenters. The number of amides is 2. The van der Waals surface area contributed by atoms with Gasteiger partial charge >= 0.3 is 0 Å². The summed E-state index contributed by atoms with van der Waals surface area (Å²) in [5.41, 5.74) is -0.613. The Morgan fingerprint density at radius 3 is 2.33 bits per heavy atom. The minimum Gasteiger partial charge on any atom is -0.340 e. The number of benzene rings is 2. The molecule has 8 nitrogen and oxygen atoms in total. The molecule has 0 aromatic heterocycles. The lowest BCUT2D eigenvalue weighted by molar-refractivity contribution is -0.118. The highest BCUT2D eigenvalue weighted by Gasteiger charge is 2.28. The van der Waals surface area contributed by atoms with Gasteiger partial charge in [-0.25, -0.2) is 17.2 Å². The van der Waals surface area contributed by atoms with Crippen LogP contribution in [0.5, 0.6) is 0 Å². The normalized spacial score (nSPS) is 14.5. The van der Waals surface area contributed by atoms with Crippen LogP contribution in [-0.4, -0.2) is 38.7 Å². The molecular weight excluding hydrogens is 454 g/mol.